The molecule has 0 N–H and O–H groups in total. The lowest BCUT2D eigenvalue weighted by molar-refractivity contribution is -0.130. The van der Waals surface area contributed by atoms with Gasteiger partial charge in [0.2, 0.25) is 0 Å². The molecule has 0 nitrogen and oxygen atoms in total. The molecular weight excluding hydrogens is 395 g/mol. The number of hydrogen-bond donors (Lipinski definition) is 0. The summed E-state index contributed by atoms with van der Waals surface area (Å²) in [5.74, 6) is 0. The number of alkyl halides is 10. The van der Waals surface area contributed by atoms with Crippen molar-refractivity contribution in [3.8, 4) is 0 Å². The third kappa shape index (κ3) is 2.46. The Labute approximate surface area is 103 Å². The molecule has 0 aromatic rings. The van der Waals surface area contributed by atoms with E-state index in [-0.39, 0.29) is 22.6 Å². The van der Waals surface area contributed by atoms with Crippen molar-refractivity contribution in [1.82, 2.24) is 0 Å². The van der Waals surface area contributed by atoms with E-state index in [0.29, 0.717) is 0 Å². The Kier molecular flexibility index (Phi) is 4.21. The Balaban J connectivity index is 5.30. The van der Waals surface area contributed by atoms with Gasteiger partial charge in [0.15, 0.2) is 0 Å². The third-order valence-electron chi connectivity index (χ3n) is 1.11. The van der Waals surface area contributed by atoms with Crippen molar-refractivity contribution in [2.24, 2.45) is 0 Å². The van der Waals surface area contributed by atoms with Gasteiger partial charge in [0, 0.05) is 22.6 Å². The van der Waals surface area contributed by atoms with E-state index >= 15 is 0 Å². The van der Waals surface area contributed by atoms with Crippen LogP contribution in [-0.4, -0.2) is 19.6 Å². The highest BCUT2D eigenvalue weighted by atomic mass is 127. The Morgan fingerprint density at radius 1 is 0.714 bits per heavy atom. The molecule has 0 aromatic heterocycles. The minimum absolute atomic E-state index is 0.0279. The molecule has 0 aliphatic heterocycles. The zero-order valence-electron chi connectivity index (χ0n) is 5.78. The molecular formula is C4Cl3F6I. The minimum Gasteiger partial charge on any atom is -0.213 e. The molecule has 0 aliphatic carbocycles. The second-order valence-corrected chi connectivity index (χ2v) is 5.02. The van der Waals surface area contributed by atoms with E-state index in [9.17, 15) is 26.3 Å². The maximum Gasteiger partial charge on any atom is 0.373 e. The van der Waals surface area contributed by atoms with Crippen LogP contribution in [0.5, 0.6) is 0 Å². The highest BCUT2D eigenvalue weighted by molar-refractivity contribution is 14.1. The normalized spacial score (nSPS) is 22.7. The summed E-state index contributed by atoms with van der Waals surface area (Å²) in [5, 5.41) is -14.9. The maximum absolute atomic E-state index is 12.8. The van der Waals surface area contributed by atoms with Crippen LogP contribution in [-0.2, 0) is 0 Å². The lowest BCUT2D eigenvalue weighted by Gasteiger charge is -2.34. The van der Waals surface area contributed by atoms with Gasteiger partial charge in [-0.25, -0.2) is 8.78 Å². The average Bonchev–Trinajstić information content (AvgIpc) is 1.81. The summed E-state index contributed by atoms with van der Waals surface area (Å²) < 4.78 is 69.7. The molecule has 0 spiro atoms. The second kappa shape index (κ2) is 3.89. The van der Waals surface area contributed by atoms with Crippen LogP contribution in [0.25, 0.3) is 0 Å². The SMILES string of the molecule is FC(F)(Cl)C(F)(Cl)C(F)(Cl)C(F)(F)I. The van der Waals surface area contributed by atoms with Crippen molar-refractivity contribution >= 4 is 57.4 Å². The van der Waals surface area contributed by atoms with E-state index in [1.807, 2.05) is 0 Å². The standard InChI is InChI=1S/C4Cl3F6I/c5-1(8,3(7,10)11)2(6,9)4(12,13)14. The van der Waals surface area contributed by atoms with Crippen molar-refractivity contribution < 1.29 is 26.3 Å². The zero-order valence-corrected chi connectivity index (χ0v) is 10.2. The Bertz CT molecular complexity index is 194. The van der Waals surface area contributed by atoms with Crippen molar-refractivity contribution in [3.63, 3.8) is 0 Å². The summed E-state index contributed by atoms with van der Waals surface area (Å²) in [4.78, 5) is 0. The summed E-state index contributed by atoms with van der Waals surface area (Å²) in [6.45, 7) is 0. The van der Waals surface area contributed by atoms with E-state index < -0.39 is 19.6 Å². The third-order valence-corrected chi connectivity index (χ3v) is 3.62. The van der Waals surface area contributed by atoms with Gasteiger partial charge in [0.25, 0.3) is 0 Å². The highest BCUT2D eigenvalue weighted by Crippen LogP contribution is 2.58. The molecule has 0 saturated carbocycles. The van der Waals surface area contributed by atoms with Crippen LogP contribution in [0, 0.1) is 0 Å². The molecule has 14 heavy (non-hydrogen) atoms. The first-order valence-electron chi connectivity index (χ1n) is 2.64. The Hall–Kier alpha value is 1.18. The average molecular weight is 395 g/mol. The van der Waals surface area contributed by atoms with Gasteiger partial charge in [-0.05, 0) is 11.6 Å². The van der Waals surface area contributed by atoms with Gasteiger partial charge >= 0.3 is 19.6 Å². The fourth-order valence-electron chi connectivity index (χ4n) is 0.356. The molecule has 0 heterocycles. The smallest absolute Gasteiger partial charge is 0.213 e. The van der Waals surface area contributed by atoms with E-state index in [2.05, 4.69) is 34.8 Å². The molecule has 0 saturated heterocycles. The summed E-state index contributed by atoms with van der Waals surface area (Å²) >= 11 is 12.6. The maximum atomic E-state index is 12.8. The Morgan fingerprint density at radius 3 is 1.07 bits per heavy atom. The number of hydrogen-bond acceptors (Lipinski definition) is 0. The lowest BCUT2D eigenvalue weighted by atomic mass is 10.2. The summed E-state index contributed by atoms with van der Waals surface area (Å²) in [6, 6.07) is 0. The molecule has 10 heteroatoms. The van der Waals surface area contributed by atoms with Crippen LogP contribution in [0.1, 0.15) is 0 Å². The van der Waals surface area contributed by atoms with E-state index in [1.54, 1.807) is 0 Å². The van der Waals surface area contributed by atoms with Gasteiger partial charge in [-0.2, -0.15) is 17.6 Å². The first-order chi connectivity index (χ1) is 5.75. The number of halogens is 10. The fraction of sp³-hybridized carbons (Fsp3) is 1.00. The largest absolute Gasteiger partial charge is 0.373 e. The van der Waals surface area contributed by atoms with E-state index in [4.69, 9.17) is 0 Å². The van der Waals surface area contributed by atoms with Gasteiger partial charge < -0.3 is 0 Å². The topological polar surface area (TPSA) is 0 Å². The number of rotatable bonds is 3. The molecule has 2 unspecified atom stereocenters. The summed E-state index contributed by atoms with van der Waals surface area (Å²) in [7, 11) is 0. The van der Waals surface area contributed by atoms with Crippen LogP contribution in [0.15, 0.2) is 0 Å². The van der Waals surface area contributed by atoms with Gasteiger partial charge in [-0.3, -0.25) is 0 Å². The quantitative estimate of drug-likeness (QED) is 0.371. The molecule has 0 amide bonds. The first kappa shape index (κ1) is 15.2. The monoisotopic (exact) mass is 394 g/mol. The second-order valence-electron chi connectivity index (χ2n) is 2.14. The summed E-state index contributed by atoms with van der Waals surface area (Å²) in [6.07, 6.45) is 0. The van der Waals surface area contributed by atoms with Gasteiger partial charge in [-0.15, -0.1) is 0 Å². The van der Waals surface area contributed by atoms with Crippen molar-refractivity contribution in [2.75, 3.05) is 0 Å². The van der Waals surface area contributed by atoms with Crippen molar-refractivity contribution in [3.05, 3.63) is 0 Å². The van der Waals surface area contributed by atoms with Crippen LogP contribution in [0.2, 0.25) is 0 Å². The first-order valence-corrected chi connectivity index (χ1v) is 4.85. The minimum atomic E-state index is -5.08. The molecule has 86 valence electrons. The molecule has 0 radical (unpaired) electrons. The summed E-state index contributed by atoms with van der Waals surface area (Å²) in [5.41, 5.74) is 0. The predicted octanol–water partition coefficient (Wildman–Crippen LogP) is 4.66. The molecule has 0 bridgehead atoms. The molecule has 0 rings (SSSR count). The lowest BCUT2D eigenvalue weighted by Crippen LogP contribution is -2.56. The molecule has 0 aliphatic rings. The van der Waals surface area contributed by atoms with Crippen LogP contribution >= 0.6 is 57.4 Å². The van der Waals surface area contributed by atoms with E-state index in [1.165, 1.54) is 0 Å². The van der Waals surface area contributed by atoms with Crippen LogP contribution < -0.4 is 0 Å². The highest BCUT2D eigenvalue weighted by Gasteiger charge is 2.76. The van der Waals surface area contributed by atoms with Gasteiger partial charge in [0.1, 0.15) is 0 Å². The Morgan fingerprint density at radius 2 is 1.00 bits per heavy atom. The van der Waals surface area contributed by atoms with Crippen molar-refractivity contribution in [1.29, 1.82) is 0 Å². The van der Waals surface area contributed by atoms with Gasteiger partial charge in [-0.1, -0.05) is 23.2 Å². The van der Waals surface area contributed by atoms with Crippen molar-refractivity contribution in [2.45, 2.75) is 19.6 Å². The molecule has 0 fully saturated rings. The fourth-order valence-corrected chi connectivity index (χ4v) is 1.30. The van der Waals surface area contributed by atoms with Crippen LogP contribution in [0.3, 0.4) is 0 Å². The molecule has 2 atom stereocenters. The molecule has 0 aromatic carbocycles. The van der Waals surface area contributed by atoms with Crippen LogP contribution in [0.4, 0.5) is 26.3 Å². The van der Waals surface area contributed by atoms with Gasteiger partial charge in [0.05, 0.1) is 0 Å². The van der Waals surface area contributed by atoms with E-state index in [0.717, 1.165) is 0 Å². The predicted molar refractivity (Wildman–Crippen MR) is 49.2 cm³/mol. The zero-order chi connectivity index (χ0) is 12.0.